The number of aryl methyl sites for hydroxylation is 3. The van der Waals surface area contributed by atoms with Gasteiger partial charge in [-0.3, -0.25) is 0 Å². The first kappa shape index (κ1) is 28.4. The van der Waals surface area contributed by atoms with Crippen molar-refractivity contribution in [2.45, 2.75) is 98.1 Å². The van der Waals surface area contributed by atoms with Gasteiger partial charge in [0.15, 0.2) is 0 Å². The highest BCUT2D eigenvalue weighted by atomic mass is 16.5. The van der Waals surface area contributed by atoms with E-state index in [0.717, 1.165) is 37.0 Å². The van der Waals surface area contributed by atoms with Crippen molar-refractivity contribution < 1.29 is 14.9 Å². The number of aliphatic hydroxyl groups is 2. The van der Waals surface area contributed by atoms with Crippen molar-refractivity contribution in [3.63, 3.8) is 0 Å². The monoisotopic (exact) mass is 469 g/mol. The molecule has 0 fully saturated rings. The van der Waals surface area contributed by atoms with E-state index in [0.29, 0.717) is 13.0 Å². The molecule has 0 aromatic heterocycles. The van der Waals surface area contributed by atoms with Gasteiger partial charge in [0, 0.05) is 18.1 Å². The van der Waals surface area contributed by atoms with Crippen molar-refractivity contribution in [1.29, 1.82) is 0 Å². The first-order valence-corrected chi connectivity index (χ1v) is 12.9. The third-order valence-corrected chi connectivity index (χ3v) is 7.47. The molecule has 34 heavy (non-hydrogen) atoms. The van der Waals surface area contributed by atoms with E-state index in [1.165, 1.54) is 22.3 Å². The van der Waals surface area contributed by atoms with Gasteiger partial charge >= 0.3 is 0 Å². The zero-order chi connectivity index (χ0) is 25.5. The Bertz CT molecular complexity index is 912. The summed E-state index contributed by atoms with van der Waals surface area (Å²) >= 11 is 0. The first-order chi connectivity index (χ1) is 16.0. The molecular weight excluding hydrogens is 422 g/mol. The summed E-state index contributed by atoms with van der Waals surface area (Å²) in [5, 5.41) is 19.5. The molecule has 190 valence electrons. The molecule has 4 N–H and O–H groups in total. The van der Waals surface area contributed by atoms with Crippen molar-refractivity contribution >= 4 is 0 Å². The molecule has 0 aliphatic carbocycles. The Hall–Kier alpha value is -1.88. The molecule has 0 aliphatic heterocycles. The van der Waals surface area contributed by atoms with Crippen LogP contribution in [0.3, 0.4) is 0 Å². The summed E-state index contributed by atoms with van der Waals surface area (Å²) in [6, 6.07) is 13.2. The highest BCUT2D eigenvalue weighted by Gasteiger charge is 2.31. The lowest BCUT2D eigenvalue weighted by atomic mass is 9.69. The van der Waals surface area contributed by atoms with E-state index in [1.807, 2.05) is 0 Å². The second-order valence-corrected chi connectivity index (χ2v) is 10.9. The molecular formula is C30H47NO3. The molecule has 0 amide bonds. The second kappa shape index (κ2) is 12.2. The highest BCUT2D eigenvalue weighted by molar-refractivity contribution is 5.47. The smallest absolute Gasteiger partial charge is 0.122 e. The topological polar surface area (TPSA) is 75.7 Å². The Morgan fingerprint density at radius 1 is 0.912 bits per heavy atom. The Morgan fingerprint density at radius 2 is 1.50 bits per heavy atom. The molecule has 1 unspecified atom stereocenters. The van der Waals surface area contributed by atoms with Gasteiger partial charge in [0.1, 0.15) is 12.4 Å². The SMILES string of the molecule is CCC(CC)(c1ccc(CCC(O)C(C)(C)C)c(C)c1)c1ccc(OC[C@H](N)CCO)c(C)c1. The van der Waals surface area contributed by atoms with Crippen LogP contribution in [0.15, 0.2) is 36.4 Å². The van der Waals surface area contributed by atoms with E-state index < -0.39 is 0 Å². The molecule has 2 aromatic rings. The summed E-state index contributed by atoms with van der Waals surface area (Å²) in [5.74, 6) is 0.849. The average Bonchev–Trinajstić information content (AvgIpc) is 2.78. The minimum absolute atomic E-state index is 0.0647. The Kier molecular flexibility index (Phi) is 10.2. The first-order valence-electron chi connectivity index (χ1n) is 12.9. The number of hydrogen-bond donors (Lipinski definition) is 3. The van der Waals surface area contributed by atoms with E-state index >= 15 is 0 Å². The molecule has 4 nitrogen and oxygen atoms in total. The van der Waals surface area contributed by atoms with Crippen molar-refractivity contribution in [2.24, 2.45) is 11.1 Å². The molecule has 0 saturated carbocycles. The predicted molar refractivity (Wildman–Crippen MR) is 143 cm³/mol. The predicted octanol–water partition coefficient (Wildman–Crippen LogP) is 5.84. The van der Waals surface area contributed by atoms with Crippen molar-refractivity contribution in [3.8, 4) is 5.75 Å². The van der Waals surface area contributed by atoms with E-state index in [2.05, 4.69) is 84.9 Å². The average molecular weight is 470 g/mol. The lowest BCUT2D eigenvalue weighted by Gasteiger charge is -2.34. The molecule has 0 spiro atoms. The summed E-state index contributed by atoms with van der Waals surface area (Å²) in [6.45, 7) is 15.5. The van der Waals surface area contributed by atoms with E-state index in [-0.39, 0.29) is 29.6 Å². The van der Waals surface area contributed by atoms with Crippen LogP contribution in [0.4, 0.5) is 0 Å². The second-order valence-electron chi connectivity index (χ2n) is 10.9. The van der Waals surface area contributed by atoms with E-state index in [9.17, 15) is 5.11 Å². The molecule has 0 saturated heterocycles. The maximum atomic E-state index is 10.5. The number of nitrogens with two attached hydrogens (primary N) is 1. The van der Waals surface area contributed by atoms with Crippen LogP contribution in [0, 0.1) is 19.3 Å². The summed E-state index contributed by atoms with van der Waals surface area (Å²) in [7, 11) is 0. The van der Waals surface area contributed by atoms with Gasteiger partial charge in [0.25, 0.3) is 0 Å². The fraction of sp³-hybridized carbons (Fsp3) is 0.600. The number of hydrogen-bond acceptors (Lipinski definition) is 4. The Balaban J connectivity index is 2.28. The fourth-order valence-corrected chi connectivity index (χ4v) is 4.79. The Labute approximate surface area is 207 Å². The molecule has 0 bridgehead atoms. The minimum atomic E-state index is -0.307. The van der Waals surface area contributed by atoms with Gasteiger partial charge < -0.3 is 20.7 Å². The maximum absolute atomic E-state index is 10.5. The summed E-state index contributed by atoms with van der Waals surface area (Å²) < 4.78 is 5.94. The third kappa shape index (κ3) is 6.84. The van der Waals surface area contributed by atoms with Crippen LogP contribution in [0.25, 0.3) is 0 Å². The van der Waals surface area contributed by atoms with Gasteiger partial charge in [0.2, 0.25) is 0 Å². The summed E-state index contributed by atoms with van der Waals surface area (Å²) in [5.41, 5.74) is 12.2. The van der Waals surface area contributed by atoms with Gasteiger partial charge in [-0.15, -0.1) is 0 Å². The van der Waals surface area contributed by atoms with Crippen LogP contribution in [-0.2, 0) is 11.8 Å². The van der Waals surface area contributed by atoms with Crippen molar-refractivity contribution in [1.82, 2.24) is 0 Å². The van der Waals surface area contributed by atoms with E-state index in [1.54, 1.807) is 0 Å². The number of benzene rings is 2. The lowest BCUT2D eigenvalue weighted by molar-refractivity contribution is 0.0560. The zero-order valence-corrected chi connectivity index (χ0v) is 22.4. The zero-order valence-electron chi connectivity index (χ0n) is 22.4. The summed E-state index contributed by atoms with van der Waals surface area (Å²) in [4.78, 5) is 0. The van der Waals surface area contributed by atoms with E-state index in [4.69, 9.17) is 15.6 Å². The highest BCUT2D eigenvalue weighted by Crippen LogP contribution is 2.41. The van der Waals surface area contributed by atoms with Crippen LogP contribution < -0.4 is 10.5 Å². The maximum Gasteiger partial charge on any atom is 0.122 e. The van der Waals surface area contributed by atoms with Crippen molar-refractivity contribution in [2.75, 3.05) is 13.2 Å². The number of aliphatic hydroxyl groups excluding tert-OH is 2. The fourth-order valence-electron chi connectivity index (χ4n) is 4.79. The van der Waals surface area contributed by atoms with Crippen LogP contribution in [0.1, 0.15) is 88.1 Å². The van der Waals surface area contributed by atoms with Gasteiger partial charge in [-0.1, -0.05) is 65.0 Å². The largest absolute Gasteiger partial charge is 0.492 e. The quantitative estimate of drug-likeness (QED) is 0.365. The standard InChI is InChI=1S/C30H47NO3/c1-8-30(9-2,25-13-14-27(22(4)19-25)34-20-26(31)16-17-32)24-12-10-23(21(3)18-24)11-15-28(33)29(5,6)7/h10,12-14,18-19,26,28,32-33H,8-9,11,15-17,20,31H2,1-7H3/t26-,28?/m1/s1. The lowest BCUT2D eigenvalue weighted by Crippen LogP contribution is -2.29. The molecule has 4 heteroatoms. The number of ether oxygens (including phenoxy) is 1. The van der Waals surface area contributed by atoms with Crippen LogP contribution in [-0.4, -0.2) is 35.6 Å². The van der Waals surface area contributed by atoms with Crippen LogP contribution in [0.5, 0.6) is 5.75 Å². The van der Waals surface area contributed by atoms with Gasteiger partial charge in [-0.2, -0.15) is 0 Å². The normalized spacial score (nSPS) is 14.2. The summed E-state index contributed by atoms with van der Waals surface area (Å²) in [6.07, 6.45) is 3.91. The van der Waals surface area contributed by atoms with Gasteiger partial charge in [0.05, 0.1) is 6.10 Å². The molecule has 0 radical (unpaired) electrons. The minimum Gasteiger partial charge on any atom is -0.492 e. The Morgan fingerprint density at radius 3 is 2.00 bits per heavy atom. The van der Waals surface area contributed by atoms with Crippen molar-refractivity contribution in [3.05, 3.63) is 64.2 Å². The third-order valence-electron chi connectivity index (χ3n) is 7.47. The van der Waals surface area contributed by atoms with Gasteiger partial charge in [-0.25, -0.2) is 0 Å². The molecule has 2 aromatic carbocycles. The van der Waals surface area contributed by atoms with Crippen LogP contribution in [0.2, 0.25) is 0 Å². The molecule has 0 aliphatic rings. The van der Waals surface area contributed by atoms with Crippen LogP contribution >= 0.6 is 0 Å². The molecule has 2 rings (SSSR count). The van der Waals surface area contributed by atoms with Gasteiger partial charge in [-0.05, 0) is 85.3 Å². The molecule has 0 heterocycles. The molecule has 2 atom stereocenters. The number of rotatable bonds is 12.